The number of rotatable bonds is 4. The molecule has 0 amide bonds. The van der Waals surface area contributed by atoms with Gasteiger partial charge in [-0.2, -0.15) is 4.31 Å². The molecule has 0 aliphatic carbocycles. The lowest BCUT2D eigenvalue weighted by Gasteiger charge is -2.27. The van der Waals surface area contributed by atoms with Crippen molar-refractivity contribution in [2.45, 2.75) is 50.2 Å². The number of anilines is 1. The van der Waals surface area contributed by atoms with Crippen LogP contribution >= 0.6 is 11.8 Å². The van der Waals surface area contributed by atoms with E-state index in [1.54, 1.807) is 26.8 Å². The van der Waals surface area contributed by atoms with Gasteiger partial charge in [0.05, 0.1) is 16.8 Å². The van der Waals surface area contributed by atoms with Crippen LogP contribution in [0.3, 0.4) is 0 Å². The van der Waals surface area contributed by atoms with E-state index in [-0.39, 0.29) is 17.4 Å². The molecule has 1 aromatic carbocycles. The summed E-state index contributed by atoms with van der Waals surface area (Å²) >= 11 is 6.03. The number of fused-ring (bicyclic) bond motifs is 1. The van der Waals surface area contributed by atoms with E-state index < -0.39 is 27.6 Å². The zero-order valence-corrected chi connectivity index (χ0v) is 18.5. The van der Waals surface area contributed by atoms with Crippen molar-refractivity contribution in [3.8, 4) is 0 Å². The Morgan fingerprint density at radius 1 is 1.37 bits per heavy atom. The van der Waals surface area contributed by atoms with Crippen molar-refractivity contribution in [3.63, 3.8) is 0 Å². The second-order valence-electron chi connectivity index (χ2n) is 8.01. The highest BCUT2D eigenvalue weighted by molar-refractivity contribution is 7.89. The van der Waals surface area contributed by atoms with Crippen LogP contribution < -0.4 is 10.2 Å². The lowest BCUT2D eigenvalue weighted by atomic mass is 10.1. The molecule has 0 bridgehead atoms. The molecule has 11 heteroatoms. The van der Waals surface area contributed by atoms with Gasteiger partial charge in [0.15, 0.2) is 0 Å². The summed E-state index contributed by atoms with van der Waals surface area (Å²) in [6.45, 7) is 5.47. The van der Waals surface area contributed by atoms with Crippen LogP contribution in [-0.2, 0) is 19.6 Å². The fourth-order valence-electron chi connectivity index (χ4n) is 3.35. The number of hydrogen-bond donors (Lipinski definition) is 2. The highest BCUT2D eigenvalue weighted by Crippen LogP contribution is 2.32. The van der Waals surface area contributed by atoms with E-state index in [4.69, 9.17) is 27.7 Å². The SMILES string of the molecule is CC(C)(C)OC(=O)[C@@H]1CCCN1S(=O)(=O)c1ccc2c(N(Cl)C(=N)N)cncc2c1. The minimum absolute atomic E-state index is 0.0355. The van der Waals surface area contributed by atoms with Gasteiger partial charge in [-0.25, -0.2) is 12.8 Å². The number of halogens is 1. The molecule has 3 rings (SSSR count). The molecule has 0 saturated carbocycles. The largest absolute Gasteiger partial charge is 0.459 e. The van der Waals surface area contributed by atoms with Crippen LogP contribution in [0.15, 0.2) is 35.5 Å². The Labute approximate surface area is 180 Å². The Kier molecular flexibility index (Phi) is 5.94. The number of guanidine groups is 1. The first-order chi connectivity index (χ1) is 13.9. The number of carbonyl (C=O) groups excluding carboxylic acids is 1. The molecule has 1 saturated heterocycles. The van der Waals surface area contributed by atoms with Gasteiger partial charge in [0.25, 0.3) is 0 Å². The Morgan fingerprint density at radius 3 is 2.70 bits per heavy atom. The number of nitrogens with two attached hydrogens (primary N) is 1. The number of ether oxygens (including phenoxy) is 1. The third-order valence-corrected chi connectivity index (χ3v) is 6.89. The zero-order valence-electron chi connectivity index (χ0n) is 16.9. The van der Waals surface area contributed by atoms with Gasteiger partial charge in [-0.05, 0) is 45.7 Å². The molecule has 9 nitrogen and oxygen atoms in total. The molecule has 1 aliphatic rings. The highest BCUT2D eigenvalue weighted by Gasteiger charge is 2.41. The predicted molar refractivity (Wildman–Crippen MR) is 115 cm³/mol. The van der Waals surface area contributed by atoms with Gasteiger partial charge in [0, 0.05) is 35.3 Å². The van der Waals surface area contributed by atoms with Gasteiger partial charge >= 0.3 is 5.97 Å². The van der Waals surface area contributed by atoms with Gasteiger partial charge in [0.2, 0.25) is 16.0 Å². The van der Waals surface area contributed by atoms with Gasteiger partial charge in [-0.1, -0.05) is 6.07 Å². The van der Waals surface area contributed by atoms with Crippen molar-refractivity contribution in [3.05, 3.63) is 30.6 Å². The number of hydrogen-bond acceptors (Lipinski definition) is 6. The average molecular weight is 454 g/mol. The molecule has 2 heterocycles. The van der Waals surface area contributed by atoms with Crippen molar-refractivity contribution in [2.24, 2.45) is 5.73 Å². The number of pyridine rings is 1. The smallest absolute Gasteiger partial charge is 0.324 e. The molecule has 0 radical (unpaired) electrons. The molecular weight excluding hydrogens is 430 g/mol. The first kappa shape index (κ1) is 22.3. The Morgan fingerprint density at radius 2 is 2.07 bits per heavy atom. The molecule has 3 N–H and O–H groups in total. The first-order valence-electron chi connectivity index (χ1n) is 9.34. The summed E-state index contributed by atoms with van der Waals surface area (Å²) in [5.41, 5.74) is 5.09. The number of sulfonamides is 1. The molecule has 30 heavy (non-hydrogen) atoms. The fourth-order valence-corrected chi connectivity index (χ4v) is 5.17. The lowest BCUT2D eigenvalue weighted by Crippen LogP contribution is -2.43. The van der Waals surface area contributed by atoms with E-state index in [0.29, 0.717) is 29.3 Å². The molecule has 0 spiro atoms. The van der Waals surface area contributed by atoms with Crippen molar-refractivity contribution in [1.82, 2.24) is 9.29 Å². The number of aromatic nitrogens is 1. The van der Waals surface area contributed by atoms with Crippen LogP contribution in [0, 0.1) is 5.41 Å². The maximum absolute atomic E-state index is 13.3. The quantitative estimate of drug-likeness (QED) is 0.315. The summed E-state index contributed by atoms with van der Waals surface area (Å²) in [4.78, 5) is 16.6. The summed E-state index contributed by atoms with van der Waals surface area (Å²) in [5, 5.41) is 8.58. The summed E-state index contributed by atoms with van der Waals surface area (Å²) in [6, 6.07) is 3.63. The average Bonchev–Trinajstić information content (AvgIpc) is 3.16. The summed E-state index contributed by atoms with van der Waals surface area (Å²) in [6.07, 6.45) is 3.91. The Bertz CT molecular complexity index is 1100. The minimum Gasteiger partial charge on any atom is -0.459 e. The normalized spacial score (nSPS) is 17.8. The molecule has 162 valence electrons. The number of carbonyl (C=O) groups is 1. The number of nitrogens with one attached hydrogen (secondary N) is 1. The van der Waals surface area contributed by atoms with E-state index in [1.807, 2.05) is 0 Å². The first-order valence-corrected chi connectivity index (χ1v) is 11.1. The van der Waals surface area contributed by atoms with Gasteiger partial charge in [0.1, 0.15) is 11.6 Å². The van der Waals surface area contributed by atoms with Gasteiger partial charge in [-0.3, -0.25) is 15.2 Å². The highest BCUT2D eigenvalue weighted by atomic mass is 35.5. The standard InChI is InChI=1S/C19H24ClN5O4S/c1-19(2,3)29-17(26)15-5-4-8-24(15)30(27,28)13-6-7-14-12(9-13)10-23-11-16(14)25(20)18(21)22/h6-7,9-11,15H,4-5,8H2,1-3H3,(H3,21,22)/t15-/m0/s1. The Hall–Kier alpha value is -2.43. The predicted octanol–water partition coefficient (Wildman–Crippen LogP) is 2.58. The third-order valence-electron chi connectivity index (χ3n) is 4.62. The molecule has 1 atom stereocenters. The topological polar surface area (TPSA) is 130 Å². The number of nitrogens with zero attached hydrogens (tertiary/aromatic N) is 3. The molecule has 1 aromatic heterocycles. The maximum atomic E-state index is 13.3. The van der Waals surface area contributed by atoms with Crippen molar-refractivity contribution >= 4 is 50.2 Å². The van der Waals surface area contributed by atoms with Crippen LogP contribution in [0.4, 0.5) is 5.69 Å². The van der Waals surface area contributed by atoms with Crippen LogP contribution in [0.5, 0.6) is 0 Å². The molecule has 1 fully saturated rings. The third kappa shape index (κ3) is 4.35. The second kappa shape index (κ2) is 8.01. The van der Waals surface area contributed by atoms with Crippen LogP contribution in [-0.4, -0.2) is 47.8 Å². The van der Waals surface area contributed by atoms with Crippen LogP contribution in [0.2, 0.25) is 0 Å². The van der Waals surface area contributed by atoms with E-state index in [0.717, 1.165) is 4.42 Å². The molecule has 1 aliphatic heterocycles. The van der Waals surface area contributed by atoms with Crippen LogP contribution in [0.25, 0.3) is 10.8 Å². The van der Waals surface area contributed by atoms with Crippen LogP contribution in [0.1, 0.15) is 33.6 Å². The fraction of sp³-hybridized carbons (Fsp3) is 0.421. The van der Waals surface area contributed by atoms with Crippen molar-refractivity contribution in [2.75, 3.05) is 11.0 Å². The van der Waals surface area contributed by atoms with Crippen molar-refractivity contribution in [1.29, 1.82) is 5.41 Å². The summed E-state index contributed by atoms with van der Waals surface area (Å²) in [5.74, 6) is -0.938. The van der Waals surface area contributed by atoms with Gasteiger partial charge in [-0.15, -0.1) is 0 Å². The summed E-state index contributed by atoms with van der Waals surface area (Å²) < 4.78 is 34.1. The minimum atomic E-state index is -3.94. The monoisotopic (exact) mass is 453 g/mol. The lowest BCUT2D eigenvalue weighted by molar-refractivity contribution is -0.158. The van der Waals surface area contributed by atoms with Gasteiger partial charge < -0.3 is 10.5 Å². The van der Waals surface area contributed by atoms with E-state index in [2.05, 4.69) is 4.98 Å². The number of esters is 1. The van der Waals surface area contributed by atoms with E-state index >= 15 is 0 Å². The maximum Gasteiger partial charge on any atom is 0.324 e. The van der Waals surface area contributed by atoms with Crippen molar-refractivity contribution < 1.29 is 17.9 Å². The zero-order chi connectivity index (χ0) is 22.3. The second-order valence-corrected chi connectivity index (χ2v) is 10.2. The molecule has 0 unspecified atom stereocenters. The summed E-state index contributed by atoms with van der Waals surface area (Å²) in [7, 11) is -3.94. The Balaban J connectivity index is 1.98. The van der Waals surface area contributed by atoms with E-state index in [1.165, 1.54) is 28.8 Å². The van der Waals surface area contributed by atoms with E-state index in [9.17, 15) is 13.2 Å². The molecule has 2 aromatic rings. The number of benzene rings is 1. The molecular formula is C19H24ClN5O4S.